The van der Waals surface area contributed by atoms with E-state index < -0.39 is 0 Å². The predicted molar refractivity (Wildman–Crippen MR) is 133 cm³/mol. The smallest absolute Gasteiger partial charge is 0.287 e. The highest BCUT2D eigenvalue weighted by Gasteiger charge is 2.11. The third-order valence-electron chi connectivity index (χ3n) is 4.25. The van der Waals surface area contributed by atoms with Gasteiger partial charge in [-0.1, -0.05) is 12.1 Å². The van der Waals surface area contributed by atoms with Gasteiger partial charge in [0.25, 0.3) is 5.91 Å². The van der Waals surface area contributed by atoms with Crippen LogP contribution < -0.4 is 25.4 Å². The number of ether oxygens (including phenoxy) is 2. The lowest BCUT2D eigenvalue weighted by Gasteiger charge is -2.16. The number of amides is 1. The van der Waals surface area contributed by atoms with Crippen LogP contribution in [0, 0.1) is 6.92 Å². The second-order valence-corrected chi connectivity index (χ2v) is 6.77. The average molecular weight is 544 g/mol. The first-order valence-electron chi connectivity index (χ1n) is 10.2. The number of guanidine groups is 1. The Morgan fingerprint density at radius 3 is 2.48 bits per heavy atom. The van der Waals surface area contributed by atoms with Gasteiger partial charge in [0.15, 0.2) is 23.2 Å². The van der Waals surface area contributed by atoms with E-state index in [1.807, 2.05) is 45.0 Å². The third-order valence-corrected chi connectivity index (χ3v) is 4.25. The Hall–Kier alpha value is -2.43. The number of rotatable bonds is 11. The molecule has 1 aromatic heterocycles. The molecule has 2 aromatic rings. The number of methoxy groups -OCH3 is 1. The number of furan rings is 1. The number of carbonyl (C=O) groups is 1. The van der Waals surface area contributed by atoms with E-state index >= 15 is 0 Å². The second kappa shape index (κ2) is 14.6. The Kier molecular flexibility index (Phi) is 12.5. The summed E-state index contributed by atoms with van der Waals surface area (Å²) in [4.78, 5) is 16.6. The number of hydrogen-bond acceptors (Lipinski definition) is 5. The lowest BCUT2D eigenvalue weighted by molar-refractivity contribution is 0.0925. The fourth-order valence-corrected chi connectivity index (χ4v) is 2.71. The number of benzene rings is 1. The molecule has 31 heavy (non-hydrogen) atoms. The van der Waals surface area contributed by atoms with Crippen molar-refractivity contribution in [1.29, 1.82) is 0 Å². The number of hydrogen-bond donors (Lipinski definition) is 3. The molecule has 1 amide bonds. The molecule has 1 atom stereocenters. The molecule has 1 heterocycles. The van der Waals surface area contributed by atoms with Crippen molar-refractivity contribution >= 4 is 35.8 Å². The highest BCUT2D eigenvalue weighted by atomic mass is 127. The van der Waals surface area contributed by atoms with Crippen molar-refractivity contribution in [1.82, 2.24) is 16.0 Å². The molecule has 0 bridgehead atoms. The molecule has 0 fully saturated rings. The lowest BCUT2D eigenvalue weighted by atomic mass is 10.2. The first-order chi connectivity index (χ1) is 14.5. The van der Waals surface area contributed by atoms with Crippen molar-refractivity contribution < 1.29 is 18.7 Å². The van der Waals surface area contributed by atoms with E-state index in [-0.39, 0.29) is 36.0 Å². The standard InChI is InChI=1S/C22H32N4O4.HI/c1-5-23-22(25-13-8-12-24-21(27)20-16(2)11-14-29-20)26-15-17(3)30-19-10-7-6-9-18(19)28-4;/h6-7,9-11,14,17H,5,8,12-13,15H2,1-4H3,(H,24,27)(H2,23,25,26);1H. The fourth-order valence-electron chi connectivity index (χ4n) is 2.71. The number of nitrogens with zero attached hydrogens (tertiary/aromatic N) is 1. The topological polar surface area (TPSA) is 97.1 Å². The van der Waals surface area contributed by atoms with Crippen LogP contribution in [0.4, 0.5) is 0 Å². The SMILES string of the molecule is CCNC(=NCC(C)Oc1ccccc1OC)NCCCNC(=O)c1occc1C.I. The summed E-state index contributed by atoms with van der Waals surface area (Å²) in [7, 11) is 1.62. The van der Waals surface area contributed by atoms with E-state index in [9.17, 15) is 4.79 Å². The van der Waals surface area contributed by atoms with Crippen molar-refractivity contribution in [2.24, 2.45) is 4.99 Å². The van der Waals surface area contributed by atoms with E-state index in [2.05, 4.69) is 20.9 Å². The number of para-hydroxylation sites is 2. The van der Waals surface area contributed by atoms with Crippen LogP contribution in [-0.2, 0) is 0 Å². The van der Waals surface area contributed by atoms with Gasteiger partial charge in [0.1, 0.15) is 6.10 Å². The lowest BCUT2D eigenvalue weighted by Crippen LogP contribution is -2.39. The third kappa shape index (κ3) is 9.07. The number of nitrogens with one attached hydrogen (secondary N) is 3. The average Bonchev–Trinajstić information content (AvgIpc) is 3.18. The van der Waals surface area contributed by atoms with Crippen molar-refractivity contribution in [3.8, 4) is 11.5 Å². The molecule has 1 aromatic carbocycles. The van der Waals surface area contributed by atoms with Gasteiger partial charge in [-0.25, -0.2) is 4.99 Å². The van der Waals surface area contributed by atoms with E-state index in [0.29, 0.717) is 42.9 Å². The maximum Gasteiger partial charge on any atom is 0.287 e. The van der Waals surface area contributed by atoms with Gasteiger partial charge in [0.2, 0.25) is 0 Å². The van der Waals surface area contributed by atoms with Crippen molar-refractivity contribution in [2.45, 2.75) is 33.3 Å². The summed E-state index contributed by atoms with van der Waals surface area (Å²) in [5.41, 5.74) is 0.830. The zero-order valence-corrected chi connectivity index (χ0v) is 20.9. The van der Waals surface area contributed by atoms with Crippen LogP contribution >= 0.6 is 24.0 Å². The zero-order chi connectivity index (χ0) is 21.8. The molecule has 0 radical (unpaired) electrons. The van der Waals surface area contributed by atoms with E-state index in [0.717, 1.165) is 18.5 Å². The summed E-state index contributed by atoms with van der Waals surface area (Å²) in [6, 6.07) is 9.32. The molecular formula is C22H33IN4O4. The molecule has 172 valence electrons. The van der Waals surface area contributed by atoms with E-state index in [1.165, 1.54) is 6.26 Å². The normalized spacial score (nSPS) is 11.8. The van der Waals surface area contributed by atoms with Crippen LogP contribution in [0.5, 0.6) is 11.5 Å². The van der Waals surface area contributed by atoms with Gasteiger partial charge in [-0.2, -0.15) is 0 Å². The maximum absolute atomic E-state index is 12.0. The van der Waals surface area contributed by atoms with Crippen LogP contribution in [0.1, 0.15) is 36.4 Å². The summed E-state index contributed by atoms with van der Waals surface area (Å²) in [6.07, 6.45) is 2.15. The first-order valence-corrected chi connectivity index (χ1v) is 10.2. The fraction of sp³-hybridized carbons (Fsp3) is 0.455. The summed E-state index contributed by atoms with van der Waals surface area (Å²) in [5, 5.41) is 9.33. The van der Waals surface area contributed by atoms with Crippen LogP contribution in [0.25, 0.3) is 0 Å². The van der Waals surface area contributed by atoms with Crippen LogP contribution in [0.2, 0.25) is 0 Å². The van der Waals surface area contributed by atoms with Gasteiger partial charge in [0.05, 0.1) is 19.9 Å². The van der Waals surface area contributed by atoms with Gasteiger partial charge >= 0.3 is 0 Å². The van der Waals surface area contributed by atoms with Crippen molar-refractivity contribution in [3.05, 3.63) is 47.9 Å². The molecule has 0 spiro atoms. The Balaban J connectivity index is 0.00000480. The summed E-state index contributed by atoms with van der Waals surface area (Å²) >= 11 is 0. The highest BCUT2D eigenvalue weighted by molar-refractivity contribution is 14.0. The largest absolute Gasteiger partial charge is 0.493 e. The highest BCUT2D eigenvalue weighted by Crippen LogP contribution is 2.26. The minimum Gasteiger partial charge on any atom is -0.493 e. The van der Waals surface area contributed by atoms with Gasteiger partial charge in [0, 0.05) is 25.2 Å². The van der Waals surface area contributed by atoms with E-state index in [4.69, 9.17) is 13.9 Å². The first kappa shape index (κ1) is 26.6. The molecule has 0 saturated carbocycles. The number of carbonyl (C=O) groups excluding carboxylic acids is 1. The molecule has 0 aliphatic carbocycles. The molecule has 1 unspecified atom stereocenters. The molecule has 2 rings (SSSR count). The molecule has 8 nitrogen and oxygen atoms in total. The molecule has 9 heteroatoms. The molecule has 0 saturated heterocycles. The second-order valence-electron chi connectivity index (χ2n) is 6.77. The number of aliphatic imine (C=N–C) groups is 1. The van der Waals surface area contributed by atoms with Gasteiger partial charge < -0.3 is 29.8 Å². The van der Waals surface area contributed by atoms with Gasteiger partial charge in [-0.3, -0.25) is 4.79 Å². The van der Waals surface area contributed by atoms with Crippen LogP contribution in [0.15, 0.2) is 46.0 Å². The predicted octanol–water partition coefficient (Wildman–Crippen LogP) is 3.36. The minimum absolute atomic E-state index is 0. The zero-order valence-electron chi connectivity index (χ0n) is 18.6. The number of aryl methyl sites for hydroxylation is 1. The minimum atomic E-state index is -0.194. The number of halogens is 1. The van der Waals surface area contributed by atoms with Crippen LogP contribution in [0.3, 0.4) is 0 Å². The molecule has 3 N–H and O–H groups in total. The Morgan fingerprint density at radius 1 is 1.13 bits per heavy atom. The molecule has 0 aliphatic heterocycles. The Morgan fingerprint density at radius 2 is 1.84 bits per heavy atom. The maximum atomic E-state index is 12.0. The quantitative estimate of drug-likeness (QED) is 0.174. The van der Waals surface area contributed by atoms with Crippen molar-refractivity contribution in [3.63, 3.8) is 0 Å². The monoisotopic (exact) mass is 544 g/mol. The summed E-state index contributed by atoms with van der Waals surface area (Å²) < 4.78 is 16.4. The van der Waals surface area contributed by atoms with E-state index in [1.54, 1.807) is 13.2 Å². The summed E-state index contributed by atoms with van der Waals surface area (Å²) in [5.74, 6) is 2.27. The van der Waals surface area contributed by atoms with Gasteiger partial charge in [-0.05, 0) is 45.4 Å². The Bertz CT molecular complexity index is 825. The van der Waals surface area contributed by atoms with Gasteiger partial charge in [-0.15, -0.1) is 24.0 Å². The summed E-state index contributed by atoms with van der Waals surface area (Å²) in [6.45, 7) is 8.27. The van der Waals surface area contributed by atoms with Crippen LogP contribution in [-0.4, -0.2) is 51.3 Å². The molecule has 0 aliphatic rings. The Labute approximate surface area is 201 Å². The molecular weight excluding hydrogens is 511 g/mol. The van der Waals surface area contributed by atoms with Crippen molar-refractivity contribution in [2.75, 3.05) is 33.3 Å².